The second-order valence-electron chi connectivity index (χ2n) is 5.66. The Morgan fingerprint density at radius 2 is 1.70 bits per heavy atom. The number of hydrogen-bond donors (Lipinski definition) is 2. The Morgan fingerprint density at radius 1 is 1.09 bits per heavy atom. The fraction of sp³-hybridized carbons (Fsp3) is 0.444. The molecule has 129 valence electrons. The molecule has 0 saturated carbocycles. The summed E-state index contributed by atoms with van der Waals surface area (Å²) in [7, 11) is 0. The molecule has 23 heavy (non-hydrogen) atoms. The maximum atomic E-state index is 8.56. The van der Waals surface area contributed by atoms with E-state index in [0.29, 0.717) is 6.42 Å². The molecular formula is C18H25IrN2O2-. The maximum absolute atomic E-state index is 8.56. The molecule has 0 aliphatic heterocycles. The smallest absolute Gasteiger partial charge is 0.0539 e. The van der Waals surface area contributed by atoms with Gasteiger partial charge in [-0.05, 0) is 34.1 Å². The number of aliphatic hydroxyl groups excluding tert-OH is 2. The minimum atomic E-state index is -0.375. The summed E-state index contributed by atoms with van der Waals surface area (Å²) in [5.74, 6) is 0. The Morgan fingerprint density at radius 3 is 2.09 bits per heavy atom. The molecule has 0 fully saturated rings. The van der Waals surface area contributed by atoms with Crippen LogP contribution in [0, 0.1) is 26.8 Å². The summed E-state index contributed by atoms with van der Waals surface area (Å²) in [6.07, 6.45) is 1.51. The molecule has 0 bridgehead atoms. The molecule has 4 nitrogen and oxygen atoms in total. The normalized spacial score (nSPS) is 12.5. The first kappa shape index (κ1) is 21.9. The first-order valence-electron chi connectivity index (χ1n) is 7.44. The van der Waals surface area contributed by atoms with Crippen molar-refractivity contribution in [3.05, 3.63) is 47.4 Å². The summed E-state index contributed by atoms with van der Waals surface area (Å²) in [4.78, 5) is 8.77. The van der Waals surface area contributed by atoms with Gasteiger partial charge in [-0.1, -0.05) is 6.92 Å². The molecule has 2 rings (SSSR count). The SMILES string of the molecule is CC(O)CC(C)O.Cc1c[c-]c(-c2ncc(C)nc2C)cc1.[Ir]. The summed E-state index contributed by atoms with van der Waals surface area (Å²) >= 11 is 0. The molecule has 0 saturated heterocycles. The molecule has 2 atom stereocenters. The van der Waals surface area contributed by atoms with E-state index in [1.54, 1.807) is 20.0 Å². The van der Waals surface area contributed by atoms with Gasteiger partial charge in [-0.15, -0.1) is 35.4 Å². The molecule has 1 radical (unpaired) electrons. The zero-order valence-electron chi connectivity index (χ0n) is 14.3. The van der Waals surface area contributed by atoms with Crippen LogP contribution in [-0.2, 0) is 20.1 Å². The van der Waals surface area contributed by atoms with Crippen molar-refractivity contribution in [1.29, 1.82) is 0 Å². The first-order chi connectivity index (χ1) is 10.3. The average Bonchev–Trinajstić information content (AvgIpc) is 2.39. The molecular weight excluding hydrogens is 468 g/mol. The fourth-order valence-corrected chi connectivity index (χ4v) is 2.01. The van der Waals surface area contributed by atoms with Crippen LogP contribution in [0.25, 0.3) is 11.3 Å². The second kappa shape index (κ2) is 10.6. The molecule has 5 heteroatoms. The monoisotopic (exact) mass is 494 g/mol. The van der Waals surface area contributed by atoms with Crippen molar-refractivity contribution in [3.8, 4) is 11.3 Å². The van der Waals surface area contributed by atoms with Gasteiger partial charge in [0.25, 0.3) is 0 Å². The number of nitrogens with zero attached hydrogens (tertiary/aromatic N) is 2. The van der Waals surface area contributed by atoms with Gasteiger partial charge in [-0.2, -0.15) is 0 Å². The fourth-order valence-electron chi connectivity index (χ4n) is 2.01. The Balaban J connectivity index is 0.000000522. The van der Waals surface area contributed by atoms with Crippen molar-refractivity contribution in [3.63, 3.8) is 0 Å². The Kier molecular flexibility index (Phi) is 10.1. The van der Waals surface area contributed by atoms with Crippen molar-refractivity contribution in [1.82, 2.24) is 9.97 Å². The van der Waals surface area contributed by atoms with Crippen molar-refractivity contribution < 1.29 is 30.3 Å². The summed E-state index contributed by atoms with van der Waals surface area (Å²) in [6, 6.07) is 9.27. The zero-order valence-corrected chi connectivity index (χ0v) is 16.7. The van der Waals surface area contributed by atoms with Crippen LogP contribution in [0.15, 0.2) is 24.4 Å². The van der Waals surface area contributed by atoms with E-state index < -0.39 is 0 Å². The van der Waals surface area contributed by atoms with Gasteiger partial charge in [-0.25, -0.2) is 0 Å². The van der Waals surface area contributed by atoms with Crippen LogP contribution < -0.4 is 0 Å². The summed E-state index contributed by atoms with van der Waals surface area (Å²) < 4.78 is 0. The minimum Gasteiger partial charge on any atom is -0.393 e. The van der Waals surface area contributed by atoms with Crippen molar-refractivity contribution >= 4 is 0 Å². The van der Waals surface area contributed by atoms with E-state index in [9.17, 15) is 0 Å². The van der Waals surface area contributed by atoms with Gasteiger partial charge in [0.05, 0.1) is 17.9 Å². The number of aliphatic hydroxyl groups is 2. The number of aromatic nitrogens is 2. The molecule has 2 N–H and O–H groups in total. The van der Waals surface area contributed by atoms with E-state index in [-0.39, 0.29) is 32.3 Å². The third kappa shape index (κ3) is 8.33. The van der Waals surface area contributed by atoms with Crippen LogP contribution in [0.1, 0.15) is 37.2 Å². The molecule has 1 aromatic heterocycles. The predicted octanol–water partition coefficient (Wildman–Crippen LogP) is 3.00. The summed E-state index contributed by atoms with van der Waals surface area (Å²) in [5, 5.41) is 17.1. The van der Waals surface area contributed by atoms with Gasteiger partial charge in [0.2, 0.25) is 0 Å². The van der Waals surface area contributed by atoms with Gasteiger partial charge >= 0.3 is 0 Å². The summed E-state index contributed by atoms with van der Waals surface area (Å²) in [6.45, 7) is 9.29. The molecule has 0 amide bonds. The quantitative estimate of drug-likeness (QED) is 0.646. The molecule has 0 aliphatic carbocycles. The summed E-state index contributed by atoms with van der Waals surface area (Å²) in [5.41, 5.74) is 5.03. The molecule has 0 spiro atoms. The third-order valence-electron chi connectivity index (χ3n) is 2.97. The topological polar surface area (TPSA) is 66.2 Å². The number of aryl methyl sites for hydroxylation is 3. The largest absolute Gasteiger partial charge is 0.393 e. The Labute approximate surface area is 152 Å². The van der Waals surface area contributed by atoms with E-state index in [0.717, 1.165) is 22.6 Å². The van der Waals surface area contributed by atoms with Gasteiger partial charge in [0, 0.05) is 37.7 Å². The molecule has 2 unspecified atom stereocenters. The molecule has 2 aromatic rings. The van der Waals surface area contributed by atoms with Crippen LogP contribution in [0.4, 0.5) is 0 Å². The standard InChI is InChI=1S/C13H13N2.C5H12O2.Ir/c1-9-4-6-12(7-5-9)13-11(3)15-10(2)8-14-13;1-4(6)3-5(2)7;/h4-6,8H,1-3H3;4-7H,3H2,1-2H3;/q-1;;. The minimum absolute atomic E-state index is 0. The van der Waals surface area contributed by atoms with E-state index in [2.05, 4.69) is 22.1 Å². The Hall–Kier alpha value is -1.13. The predicted molar refractivity (Wildman–Crippen MR) is 88.5 cm³/mol. The van der Waals surface area contributed by atoms with Crippen molar-refractivity contribution in [2.45, 2.75) is 53.2 Å². The van der Waals surface area contributed by atoms with Crippen LogP contribution in [-0.4, -0.2) is 32.4 Å². The Bertz CT molecular complexity index is 578. The van der Waals surface area contributed by atoms with Gasteiger partial charge in [-0.3, -0.25) is 4.98 Å². The second-order valence-corrected chi connectivity index (χ2v) is 5.66. The van der Waals surface area contributed by atoms with Gasteiger partial charge < -0.3 is 15.2 Å². The number of rotatable bonds is 3. The number of hydrogen-bond acceptors (Lipinski definition) is 4. The average molecular weight is 494 g/mol. The van der Waals surface area contributed by atoms with E-state index in [1.807, 2.05) is 32.9 Å². The third-order valence-corrected chi connectivity index (χ3v) is 2.97. The van der Waals surface area contributed by atoms with Crippen molar-refractivity contribution in [2.24, 2.45) is 0 Å². The van der Waals surface area contributed by atoms with Gasteiger partial charge in [0.1, 0.15) is 0 Å². The molecule has 1 aromatic carbocycles. The van der Waals surface area contributed by atoms with Crippen LogP contribution >= 0.6 is 0 Å². The van der Waals surface area contributed by atoms with E-state index in [1.165, 1.54) is 5.56 Å². The van der Waals surface area contributed by atoms with Crippen LogP contribution in [0.5, 0.6) is 0 Å². The van der Waals surface area contributed by atoms with Crippen molar-refractivity contribution in [2.75, 3.05) is 0 Å². The zero-order chi connectivity index (χ0) is 16.7. The van der Waals surface area contributed by atoms with Crippen LogP contribution in [0.2, 0.25) is 0 Å². The maximum Gasteiger partial charge on any atom is 0.0539 e. The van der Waals surface area contributed by atoms with E-state index in [4.69, 9.17) is 10.2 Å². The van der Waals surface area contributed by atoms with Gasteiger partial charge in [0.15, 0.2) is 0 Å². The van der Waals surface area contributed by atoms with E-state index >= 15 is 0 Å². The molecule has 0 aliphatic rings. The van der Waals surface area contributed by atoms with Crippen LogP contribution in [0.3, 0.4) is 0 Å². The number of benzene rings is 1. The molecule has 1 heterocycles. The first-order valence-corrected chi connectivity index (χ1v) is 7.44.